The molecular weight excluding hydrogens is 446 g/mol. The molecule has 3 aromatic carbocycles. The summed E-state index contributed by atoms with van der Waals surface area (Å²) in [6, 6.07) is 22.9. The molecule has 0 aliphatic carbocycles. The molecule has 4 rings (SSSR count). The van der Waals surface area contributed by atoms with Crippen molar-refractivity contribution in [1.82, 2.24) is 31.1 Å². The molecule has 0 unspecified atom stereocenters. The number of carbonyl (C=O) groups excluding carboxylic acids is 2. The Labute approximate surface area is 202 Å². The lowest BCUT2D eigenvalue weighted by atomic mass is 10.1. The van der Waals surface area contributed by atoms with Crippen molar-refractivity contribution in [3.05, 3.63) is 90.0 Å². The molecule has 4 aromatic rings. The second kappa shape index (κ2) is 10.9. The van der Waals surface area contributed by atoms with Crippen molar-refractivity contribution in [3.8, 4) is 17.1 Å². The zero-order valence-corrected chi connectivity index (χ0v) is 19.3. The van der Waals surface area contributed by atoms with Gasteiger partial charge in [-0.3, -0.25) is 10.2 Å². The first-order valence-corrected chi connectivity index (χ1v) is 11.0. The van der Waals surface area contributed by atoms with E-state index in [1.54, 1.807) is 48.5 Å². The van der Waals surface area contributed by atoms with Crippen molar-refractivity contribution in [2.75, 3.05) is 5.32 Å². The molecule has 35 heavy (non-hydrogen) atoms. The fourth-order valence-corrected chi connectivity index (χ4v) is 3.17. The highest BCUT2D eigenvalue weighted by atomic mass is 16.5. The standard InChI is InChI=1S/C25H25N7O3/c1-17(2)35-22-14-12-21(13-15-22)26-25(34)29-28-24(33)20-10-8-18(9-11-20)16-32-30-23(27-31-32)19-6-4-3-5-7-19/h3-15,17H,16H2,1-2H3,(H,28,33)(H2,26,29,34). The van der Waals surface area contributed by atoms with Crippen LogP contribution in [0.15, 0.2) is 78.9 Å². The van der Waals surface area contributed by atoms with Gasteiger partial charge in [0.25, 0.3) is 5.91 Å². The molecule has 0 fully saturated rings. The van der Waals surface area contributed by atoms with Gasteiger partial charge >= 0.3 is 6.03 Å². The molecule has 3 amide bonds. The first-order valence-electron chi connectivity index (χ1n) is 11.0. The molecule has 0 saturated heterocycles. The molecule has 0 spiro atoms. The molecule has 1 heterocycles. The van der Waals surface area contributed by atoms with Crippen molar-refractivity contribution < 1.29 is 14.3 Å². The van der Waals surface area contributed by atoms with Crippen LogP contribution in [-0.2, 0) is 6.54 Å². The van der Waals surface area contributed by atoms with E-state index in [9.17, 15) is 9.59 Å². The summed E-state index contributed by atoms with van der Waals surface area (Å²) in [5.74, 6) is 0.808. The third-order valence-corrected chi connectivity index (χ3v) is 4.80. The van der Waals surface area contributed by atoms with Crippen LogP contribution in [0.4, 0.5) is 10.5 Å². The molecule has 178 valence electrons. The Hall–Kier alpha value is -4.73. The van der Waals surface area contributed by atoms with Crippen LogP contribution in [0.3, 0.4) is 0 Å². The first-order chi connectivity index (χ1) is 17.0. The summed E-state index contributed by atoms with van der Waals surface area (Å²) in [4.78, 5) is 25.9. The summed E-state index contributed by atoms with van der Waals surface area (Å²) in [5.41, 5.74) is 7.46. The summed E-state index contributed by atoms with van der Waals surface area (Å²) in [6.45, 7) is 4.28. The van der Waals surface area contributed by atoms with E-state index in [4.69, 9.17) is 4.74 Å². The summed E-state index contributed by atoms with van der Waals surface area (Å²) in [7, 11) is 0. The molecule has 0 atom stereocenters. The van der Waals surface area contributed by atoms with Crippen molar-refractivity contribution in [1.29, 1.82) is 0 Å². The van der Waals surface area contributed by atoms with E-state index >= 15 is 0 Å². The number of benzene rings is 3. The monoisotopic (exact) mass is 471 g/mol. The number of anilines is 1. The number of amides is 3. The molecule has 0 saturated carbocycles. The van der Waals surface area contributed by atoms with Gasteiger partial charge in [-0.05, 0) is 61.0 Å². The van der Waals surface area contributed by atoms with Crippen LogP contribution >= 0.6 is 0 Å². The molecule has 10 nitrogen and oxygen atoms in total. The number of hydrogen-bond acceptors (Lipinski definition) is 6. The molecule has 10 heteroatoms. The predicted octanol–water partition coefficient (Wildman–Crippen LogP) is 3.64. The summed E-state index contributed by atoms with van der Waals surface area (Å²) in [5, 5.41) is 15.2. The van der Waals surface area contributed by atoms with Gasteiger partial charge in [-0.1, -0.05) is 42.5 Å². The normalized spacial score (nSPS) is 10.6. The summed E-state index contributed by atoms with van der Waals surface area (Å²) in [6.07, 6.45) is 0.0631. The van der Waals surface area contributed by atoms with Crippen LogP contribution in [0.5, 0.6) is 5.75 Å². The molecule has 3 N–H and O–H groups in total. The van der Waals surface area contributed by atoms with Crippen molar-refractivity contribution in [2.24, 2.45) is 0 Å². The SMILES string of the molecule is CC(C)Oc1ccc(NC(=O)NNC(=O)c2ccc(Cn3nnc(-c4ccccc4)n3)cc2)cc1. The molecule has 0 aliphatic rings. The smallest absolute Gasteiger partial charge is 0.337 e. The van der Waals surface area contributed by atoms with Crippen LogP contribution in [0, 0.1) is 0 Å². The van der Waals surface area contributed by atoms with Gasteiger partial charge in [0.2, 0.25) is 5.82 Å². The first kappa shape index (κ1) is 23.4. The fourth-order valence-electron chi connectivity index (χ4n) is 3.17. The largest absolute Gasteiger partial charge is 0.491 e. The Balaban J connectivity index is 1.26. The number of hydrazine groups is 1. The highest BCUT2D eigenvalue weighted by Gasteiger charge is 2.10. The number of tetrazole rings is 1. The Kier molecular flexibility index (Phi) is 7.31. The quantitative estimate of drug-likeness (QED) is 0.354. The number of ether oxygens (including phenoxy) is 1. The fraction of sp³-hybridized carbons (Fsp3) is 0.160. The number of aromatic nitrogens is 4. The van der Waals surface area contributed by atoms with Crippen LogP contribution < -0.4 is 20.9 Å². The molecular formula is C25H25N7O3. The molecule has 0 bridgehead atoms. The van der Waals surface area contributed by atoms with Gasteiger partial charge in [-0.2, -0.15) is 4.80 Å². The highest BCUT2D eigenvalue weighted by molar-refractivity contribution is 5.97. The number of nitrogens with one attached hydrogen (secondary N) is 3. The van der Waals surface area contributed by atoms with Crippen LogP contribution in [0.1, 0.15) is 29.8 Å². The van der Waals surface area contributed by atoms with Gasteiger partial charge in [-0.25, -0.2) is 10.2 Å². The van der Waals surface area contributed by atoms with Crippen LogP contribution in [-0.4, -0.2) is 38.2 Å². The Morgan fingerprint density at radius 2 is 1.63 bits per heavy atom. The van der Waals surface area contributed by atoms with E-state index in [1.165, 1.54) is 4.80 Å². The maximum Gasteiger partial charge on any atom is 0.337 e. The van der Waals surface area contributed by atoms with E-state index in [-0.39, 0.29) is 6.10 Å². The van der Waals surface area contributed by atoms with E-state index in [0.29, 0.717) is 29.4 Å². The lowest BCUT2D eigenvalue weighted by Crippen LogP contribution is -2.43. The molecule has 0 radical (unpaired) electrons. The van der Waals surface area contributed by atoms with E-state index in [2.05, 4.69) is 31.6 Å². The molecule has 0 aliphatic heterocycles. The summed E-state index contributed by atoms with van der Waals surface area (Å²) >= 11 is 0. The van der Waals surface area contributed by atoms with Crippen molar-refractivity contribution >= 4 is 17.6 Å². The lowest BCUT2D eigenvalue weighted by molar-refractivity contribution is 0.0938. The van der Waals surface area contributed by atoms with E-state index < -0.39 is 11.9 Å². The van der Waals surface area contributed by atoms with Gasteiger partial charge in [-0.15, -0.1) is 10.2 Å². The van der Waals surface area contributed by atoms with Crippen LogP contribution in [0.2, 0.25) is 0 Å². The maximum atomic E-state index is 12.4. The van der Waals surface area contributed by atoms with E-state index in [1.807, 2.05) is 44.2 Å². The average molecular weight is 472 g/mol. The van der Waals surface area contributed by atoms with Gasteiger partial charge < -0.3 is 10.1 Å². The highest BCUT2D eigenvalue weighted by Crippen LogP contribution is 2.17. The Bertz CT molecular complexity index is 1270. The third kappa shape index (κ3) is 6.64. The predicted molar refractivity (Wildman–Crippen MR) is 131 cm³/mol. The second-order valence-corrected chi connectivity index (χ2v) is 7.93. The van der Waals surface area contributed by atoms with Gasteiger partial charge in [0, 0.05) is 16.8 Å². The number of carbonyl (C=O) groups is 2. The third-order valence-electron chi connectivity index (χ3n) is 4.80. The van der Waals surface area contributed by atoms with Gasteiger partial charge in [0.15, 0.2) is 0 Å². The summed E-state index contributed by atoms with van der Waals surface area (Å²) < 4.78 is 5.57. The van der Waals surface area contributed by atoms with Gasteiger partial charge in [0.05, 0.1) is 12.6 Å². The minimum atomic E-state index is -0.570. The minimum absolute atomic E-state index is 0.0631. The Morgan fingerprint density at radius 3 is 2.31 bits per heavy atom. The molecule has 1 aromatic heterocycles. The van der Waals surface area contributed by atoms with Gasteiger partial charge in [0.1, 0.15) is 5.75 Å². The number of urea groups is 1. The Morgan fingerprint density at radius 1 is 0.914 bits per heavy atom. The number of nitrogens with zero attached hydrogens (tertiary/aromatic N) is 4. The zero-order chi connectivity index (χ0) is 24.6. The van der Waals surface area contributed by atoms with Crippen molar-refractivity contribution in [3.63, 3.8) is 0 Å². The minimum Gasteiger partial charge on any atom is -0.491 e. The average Bonchev–Trinajstić information content (AvgIpc) is 3.33. The number of hydrogen-bond donors (Lipinski definition) is 3. The zero-order valence-electron chi connectivity index (χ0n) is 19.3. The topological polar surface area (TPSA) is 123 Å². The second-order valence-electron chi connectivity index (χ2n) is 7.93. The number of rotatable bonds is 7. The van der Waals surface area contributed by atoms with Crippen molar-refractivity contribution in [2.45, 2.75) is 26.5 Å². The maximum absolute atomic E-state index is 12.4. The van der Waals surface area contributed by atoms with Crippen LogP contribution in [0.25, 0.3) is 11.4 Å². The lowest BCUT2D eigenvalue weighted by Gasteiger charge is -2.11. The van der Waals surface area contributed by atoms with E-state index in [0.717, 1.165) is 11.1 Å².